The summed E-state index contributed by atoms with van der Waals surface area (Å²) in [4.78, 5) is 4.62. The Labute approximate surface area is 117 Å². The first-order valence-electron chi connectivity index (χ1n) is 6.83. The largest absolute Gasteiger partial charge is 0.339 e. The van der Waals surface area contributed by atoms with E-state index in [1.165, 1.54) is 24.8 Å². The van der Waals surface area contributed by atoms with E-state index < -0.39 is 0 Å². The van der Waals surface area contributed by atoms with Crippen LogP contribution in [-0.4, -0.2) is 23.2 Å². The Kier molecular flexibility index (Phi) is 3.66. The van der Waals surface area contributed by atoms with Crippen LogP contribution in [0.25, 0.3) is 11.4 Å². The number of hydrogen-bond acceptors (Lipinski definition) is 5. The normalized spacial score (nSPS) is 23.7. The Hall–Kier alpha value is -1.20. The lowest BCUT2D eigenvalue weighted by atomic mass is 9.84. The van der Waals surface area contributed by atoms with Crippen molar-refractivity contribution >= 4 is 11.3 Å². The summed E-state index contributed by atoms with van der Waals surface area (Å²) < 4.78 is 5.52. The molecular formula is C14H19N3OS. The number of nitrogens with zero attached hydrogens (tertiary/aromatic N) is 2. The maximum Gasteiger partial charge on any atom is 0.231 e. The molecule has 0 saturated heterocycles. The second-order valence-electron chi connectivity index (χ2n) is 5.21. The van der Waals surface area contributed by atoms with Crippen LogP contribution in [0.2, 0.25) is 0 Å². The molecule has 2 aromatic rings. The number of aryl methyl sites for hydroxylation is 1. The summed E-state index contributed by atoms with van der Waals surface area (Å²) in [5, 5.41) is 11.7. The van der Waals surface area contributed by atoms with E-state index in [-0.39, 0.29) is 0 Å². The Morgan fingerprint density at radius 2 is 2.16 bits per heavy atom. The maximum atomic E-state index is 5.52. The molecule has 1 saturated carbocycles. The predicted molar refractivity (Wildman–Crippen MR) is 76.4 cm³/mol. The molecule has 0 aromatic carbocycles. The molecule has 1 fully saturated rings. The van der Waals surface area contributed by atoms with Crippen LogP contribution in [0.15, 0.2) is 15.3 Å². The number of nitrogens with one attached hydrogen (secondary N) is 1. The molecule has 5 heteroatoms. The van der Waals surface area contributed by atoms with Gasteiger partial charge in [-0.15, -0.1) is 0 Å². The molecule has 2 atom stereocenters. The van der Waals surface area contributed by atoms with Crippen molar-refractivity contribution in [1.29, 1.82) is 0 Å². The summed E-state index contributed by atoms with van der Waals surface area (Å²) in [5.74, 6) is 1.88. The molecule has 0 amide bonds. The molecule has 0 bridgehead atoms. The highest BCUT2D eigenvalue weighted by molar-refractivity contribution is 7.08. The highest BCUT2D eigenvalue weighted by Crippen LogP contribution is 2.33. The molecule has 19 heavy (non-hydrogen) atoms. The molecule has 2 aromatic heterocycles. The number of thiophene rings is 1. The van der Waals surface area contributed by atoms with Gasteiger partial charge in [-0.05, 0) is 37.8 Å². The highest BCUT2D eigenvalue weighted by Gasteiger charge is 2.30. The van der Waals surface area contributed by atoms with Gasteiger partial charge in [-0.25, -0.2) is 0 Å². The summed E-state index contributed by atoms with van der Waals surface area (Å²) in [7, 11) is 2.02. The van der Waals surface area contributed by atoms with Crippen LogP contribution in [0.4, 0.5) is 0 Å². The molecule has 2 heterocycles. The van der Waals surface area contributed by atoms with Crippen molar-refractivity contribution in [2.75, 3.05) is 7.05 Å². The zero-order valence-corrected chi connectivity index (χ0v) is 12.2. The number of aromatic nitrogens is 2. The van der Waals surface area contributed by atoms with Crippen molar-refractivity contribution in [3.05, 3.63) is 22.2 Å². The van der Waals surface area contributed by atoms with Crippen molar-refractivity contribution < 1.29 is 4.52 Å². The fraction of sp³-hybridized carbons (Fsp3) is 0.571. The molecule has 0 radical (unpaired) electrons. The Morgan fingerprint density at radius 1 is 1.32 bits per heavy atom. The van der Waals surface area contributed by atoms with Gasteiger partial charge < -0.3 is 9.84 Å². The van der Waals surface area contributed by atoms with Crippen LogP contribution in [0.3, 0.4) is 0 Å². The summed E-state index contributed by atoms with van der Waals surface area (Å²) in [5.41, 5.74) is 2.31. The molecule has 1 aliphatic rings. The number of likely N-dealkylation sites (N-methyl/N-ethyl adjacent to an activating group) is 1. The second kappa shape index (κ2) is 5.43. The minimum absolute atomic E-state index is 0.360. The van der Waals surface area contributed by atoms with E-state index in [0.717, 1.165) is 23.7 Å². The Balaban J connectivity index is 1.86. The van der Waals surface area contributed by atoms with Crippen molar-refractivity contribution in [2.24, 2.45) is 0 Å². The smallest absolute Gasteiger partial charge is 0.231 e. The van der Waals surface area contributed by atoms with E-state index in [0.29, 0.717) is 12.0 Å². The zero-order chi connectivity index (χ0) is 13.2. The van der Waals surface area contributed by atoms with E-state index in [1.807, 2.05) is 7.05 Å². The van der Waals surface area contributed by atoms with Crippen molar-refractivity contribution in [3.8, 4) is 11.4 Å². The van der Waals surface area contributed by atoms with Gasteiger partial charge in [0.05, 0.1) is 5.92 Å². The zero-order valence-electron chi connectivity index (χ0n) is 11.3. The third kappa shape index (κ3) is 2.44. The van der Waals surface area contributed by atoms with E-state index in [2.05, 4.69) is 33.1 Å². The SMILES string of the molecule is CNC1CCCCC1c1nc(-c2cscc2C)no1. The molecule has 1 N–H and O–H groups in total. The van der Waals surface area contributed by atoms with E-state index >= 15 is 0 Å². The van der Waals surface area contributed by atoms with Crippen molar-refractivity contribution in [2.45, 2.75) is 44.6 Å². The Bertz CT molecular complexity index is 548. The summed E-state index contributed by atoms with van der Waals surface area (Å²) in [6, 6.07) is 0.464. The van der Waals surface area contributed by atoms with Crippen molar-refractivity contribution in [3.63, 3.8) is 0 Å². The first-order valence-corrected chi connectivity index (χ1v) is 7.78. The molecule has 0 aliphatic heterocycles. The number of rotatable bonds is 3. The van der Waals surface area contributed by atoms with E-state index in [1.54, 1.807) is 11.3 Å². The number of hydrogen-bond donors (Lipinski definition) is 1. The van der Waals surface area contributed by atoms with Gasteiger partial charge in [0.25, 0.3) is 0 Å². The lowest BCUT2D eigenvalue weighted by Crippen LogP contribution is -2.34. The second-order valence-corrected chi connectivity index (χ2v) is 5.95. The molecule has 102 valence electrons. The average Bonchev–Trinajstić information content (AvgIpc) is 3.07. The van der Waals surface area contributed by atoms with Crippen molar-refractivity contribution in [1.82, 2.24) is 15.5 Å². The van der Waals surface area contributed by atoms with Crippen LogP contribution in [0, 0.1) is 6.92 Å². The molecule has 1 aliphatic carbocycles. The minimum atomic E-state index is 0.360. The first-order chi connectivity index (χ1) is 9.29. The highest BCUT2D eigenvalue weighted by atomic mass is 32.1. The first kappa shape index (κ1) is 12.8. The molecule has 3 rings (SSSR count). The minimum Gasteiger partial charge on any atom is -0.339 e. The predicted octanol–water partition coefficient (Wildman–Crippen LogP) is 3.35. The van der Waals surface area contributed by atoms with Crippen LogP contribution in [-0.2, 0) is 0 Å². The monoisotopic (exact) mass is 277 g/mol. The van der Waals surface area contributed by atoms with Crippen LogP contribution < -0.4 is 5.32 Å². The average molecular weight is 277 g/mol. The quantitative estimate of drug-likeness (QED) is 0.934. The summed E-state index contributed by atoms with van der Waals surface area (Å²) in [6.45, 7) is 2.08. The van der Waals surface area contributed by atoms with Gasteiger partial charge in [0.15, 0.2) is 0 Å². The molecule has 4 nitrogen and oxygen atoms in total. The van der Waals surface area contributed by atoms with Crippen LogP contribution >= 0.6 is 11.3 Å². The maximum absolute atomic E-state index is 5.52. The Morgan fingerprint density at radius 3 is 2.89 bits per heavy atom. The van der Waals surface area contributed by atoms with Gasteiger partial charge in [0.1, 0.15) is 0 Å². The van der Waals surface area contributed by atoms with Gasteiger partial charge in [0.2, 0.25) is 11.7 Å². The van der Waals surface area contributed by atoms with Crippen LogP contribution in [0.1, 0.15) is 43.1 Å². The summed E-state index contributed by atoms with van der Waals surface area (Å²) in [6.07, 6.45) is 4.86. The van der Waals surface area contributed by atoms with Gasteiger partial charge in [-0.1, -0.05) is 18.0 Å². The van der Waals surface area contributed by atoms with Gasteiger partial charge >= 0.3 is 0 Å². The molecular weight excluding hydrogens is 258 g/mol. The van der Waals surface area contributed by atoms with Gasteiger partial charge in [-0.3, -0.25) is 0 Å². The van der Waals surface area contributed by atoms with Gasteiger partial charge in [0, 0.05) is 17.0 Å². The third-order valence-corrected chi connectivity index (χ3v) is 4.85. The van der Waals surface area contributed by atoms with E-state index in [4.69, 9.17) is 4.52 Å². The van der Waals surface area contributed by atoms with Gasteiger partial charge in [-0.2, -0.15) is 16.3 Å². The van der Waals surface area contributed by atoms with Crippen LogP contribution in [0.5, 0.6) is 0 Å². The standard InChI is InChI=1S/C14H19N3OS/c1-9-7-19-8-11(9)13-16-14(18-17-13)10-5-3-4-6-12(10)15-2/h7-8,10,12,15H,3-6H2,1-2H3. The molecule has 2 unspecified atom stereocenters. The lowest BCUT2D eigenvalue weighted by Gasteiger charge is -2.28. The fourth-order valence-corrected chi connectivity index (χ4v) is 3.68. The topological polar surface area (TPSA) is 51.0 Å². The van der Waals surface area contributed by atoms with E-state index in [9.17, 15) is 0 Å². The molecule has 0 spiro atoms. The third-order valence-electron chi connectivity index (χ3n) is 3.99. The lowest BCUT2D eigenvalue weighted by molar-refractivity contribution is 0.270. The summed E-state index contributed by atoms with van der Waals surface area (Å²) >= 11 is 1.68. The fourth-order valence-electron chi connectivity index (χ4n) is 2.86.